The molecule has 0 aromatic heterocycles. The van der Waals surface area contributed by atoms with Crippen molar-refractivity contribution in [2.75, 3.05) is 19.9 Å². The minimum absolute atomic E-state index is 0.0385. The van der Waals surface area contributed by atoms with Gasteiger partial charge in [-0.25, -0.2) is 8.42 Å². The topological polar surface area (TPSA) is 72.5 Å². The molecule has 0 aliphatic heterocycles. The predicted octanol–water partition coefficient (Wildman–Crippen LogP) is 0.105. The lowest BCUT2D eigenvalue weighted by atomic mass is 9.95. The van der Waals surface area contributed by atoms with Crippen LogP contribution in [0.15, 0.2) is 0 Å². The SMILES string of the molecule is CNC1CCCCC1S(=O)(=O)CC(=O)OC. The fourth-order valence-electron chi connectivity index (χ4n) is 2.19. The molecule has 1 rings (SSSR count). The summed E-state index contributed by atoms with van der Waals surface area (Å²) in [6, 6.07) is -0.0385. The highest BCUT2D eigenvalue weighted by Crippen LogP contribution is 2.24. The smallest absolute Gasteiger partial charge is 0.320 e. The molecule has 1 saturated carbocycles. The molecule has 1 aliphatic carbocycles. The molecule has 0 amide bonds. The molecule has 1 N–H and O–H groups in total. The molecule has 0 saturated heterocycles. The minimum atomic E-state index is -3.39. The zero-order valence-electron chi connectivity index (χ0n) is 9.73. The van der Waals surface area contributed by atoms with Gasteiger partial charge < -0.3 is 10.1 Å². The molecule has 2 atom stereocenters. The Hall–Kier alpha value is -0.620. The van der Waals surface area contributed by atoms with Crippen LogP contribution in [0.5, 0.6) is 0 Å². The predicted molar refractivity (Wildman–Crippen MR) is 60.9 cm³/mol. The molecule has 1 fully saturated rings. The molecule has 2 unspecified atom stereocenters. The lowest BCUT2D eigenvalue weighted by molar-refractivity contribution is -0.137. The number of carbonyl (C=O) groups is 1. The number of sulfone groups is 1. The number of esters is 1. The van der Waals surface area contributed by atoms with E-state index in [1.807, 2.05) is 0 Å². The van der Waals surface area contributed by atoms with Crippen molar-refractivity contribution in [1.82, 2.24) is 5.32 Å². The molecule has 16 heavy (non-hydrogen) atoms. The van der Waals surface area contributed by atoms with Crippen LogP contribution in [-0.2, 0) is 19.4 Å². The Morgan fingerprint density at radius 2 is 2.00 bits per heavy atom. The summed E-state index contributed by atoms with van der Waals surface area (Å²) in [4.78, 5) is 11.0. The minimum Gasteiger partial charge on any atom is -0.468 e. The number of hydrogen-bond acceptors (Lipinski definition) is 5. The van der Waals surface area contributed by atoms with Crippen LogP contribution < -0.4 is 5.32 Å². The molecule has 5 nitrogen and oxygen atoms in total. The number of carbonyl (C=O) groups excluding carboxylic acids is 1. The van der Waals surface area contributed by atoms with E-state index in [9.17, 15) is 13.2 Å². The summed E-state index contributed by atoms with van der Waals surface area (Å²) in [7, 11) is -0.430. The van der Waals surface area contributed by atoms with Gasteiger partial charge in [0.2, 0.25) is 0 Å². The van der Waals surface area contributed by atoms with Crippen molar-refractivity contribution in [2.45, 2.75) is 37.0 Å². The van der Waals surface area contributed by atoms with Crippen LogP contribution in [-0.4, -0.2) is 45.6 Å². The van der Waals surface area contributed by atoms with Crippen LogP contribution >= 0.6 is 0 Å². The van der Waals surface area contributed by atoms with E-state index in [1.165, 1.54) is 7.11 Å². The largest absolute Gasteiger partial charge is 0.468 e. The molecular weight excluding hydrogens is 230 g/mol. The average Bonchev–Trinajstić information content (AvgIpc) is 2.28. The van der Waals surface area contributed by atoms with Crippen molar-refractivity contribution in [1.29, 1.82) is 0 Å². The summed E-state index contributed by atoms with van der Waals surface area (Å²) in [5, 5.41) is 2.57. The first kappa shape index (κ1) is 13.4. The average molecular weight is 249 g/mol. The highest BCUT2D eigenvalue weighted by molar-refractivity contribution is 7.92. The van der Waals surface area contributed by atoms with E-state index in [2.05, 4.69) is 10.1 Å². The van der Waals surface area contributed by atoms with E-state index < -0.39 is 26.8 Å². The summed E-state index contributed by atoms with van der Waals surface area (Å²) in [5.41, 5.74) is 0. The number of rotatable bonds is 4. The lowest BCUT2D eigenvalue weighted by Gasteiger charge is -2.30. The molecule has 0 spiro atoms. The van der Waals surface area contributed by atoms with E-state index in [0.717, 1.165) is 19.3 Å². The Balaban J connectivity index is 2.76. The van der Waals surface area contributed by atoms with Gasteiger partial charge in [-0.1, -0.05) is 12.8 Å². The van der Waals surface area contributed by atoms with Crippen molar-refractivity contribution in [3.8, 4) is 0 Å². The van der Waals surface area contributed by atoms with Gasteiger partial charge in [0, 0.05) is 6.04 Å². The summed E-state index contributed by atoms with van der Waals surface area (Å²) >= 11 is 0. The number of nitrogens with one attached hydrogen (secondary N) is 1. The van der Waals surface area contributed by atoms with Gasteiger partial charge in [-0.05, 0) is 19.9 Å². The maximum absolute atomic E-state index is 12.0. The van der Waals surface area contributed by atoms with Gasteiger partial charge in [-0.2, -0.15) is 0 Å². The highest BCUT2D eigenvalue weighted by Gasteiger charge is 2.36. The van der Waals surface area contributed by atoms with Gasteiger partial charge in [-0.15, -0.1) is 0 Å². The van der Waals surface area contributed by atoms with Crippen LogP contribution in [0, 0.1) is 0 Å². The Kier molecular flexibility index (Phi) is 4.73. The van der Waals surface area contributed by atoms with Crippen LogP contribution in [0.4, 0.5) is 0 Å². The van der Waals surface area contributed by atoms with E-state index in [-0.39, 0.29) is 6.04 Å². The van der Waals surface area contributed by atoms with E-state index in [0.29, 0.717) is 6.42 Å². The third-order valence-electron chi connectivity index (χ3n) is 3.08. The molecule has 1 aliphatic rings. The molecule has 94 valence electrons. The first-order valence-electron chi connectivity index (χ1n) is 5.47. The Labute approximate surface area is 96.5 Å². The van der Waals surface area contributed by atoms with Crippen LogP contribution in [0.3, 0.4) is 0 Å². The molecule has 0 radical (unpaired) electrons. The van der Waals surface area contributed by atoms with Gasteiger partial charge in [0.25, 0.3) is 0 Å². The summed E-state index contributed by atoms with van der Waals surface area (Å²) in [6.07, 6.45) is 3.42. The summed E-state index contributed by atoms with van der Waals surface area (Å²) in [5.74, 6) is -1.19. The van der Waals surface area contributed by atoms with Gasteiger partial charge >= 0.3 is 5.97 Å². The van der Waals surface area contributed by atoms with Gasteiger partial charge in [0.15, 0.2) is 9.84 Å². The van der Waals surface area contributed by atoms with Gasteiger partial charge in [-0.3, -0.25) is 4.79 Å². The van der Waals surface area contributed by atoms with Crippen molar-refractivity contribution < 1.29 is 17.9 Å². The maximum atomic E-state index is 12.0. The first-order chi connectivity index (χ1) is 7.51. The first-order valence-corrected chi connectivity index (χ1v) is 7.18. The molecule has 0 aromatic carbocycles. The zero-order valence-corrected chi connectivity index (χ0v) is 10.5. The van der Waals surface area contributed by atoms with E-state index in [1.54, 1.807) is 7.05 Å². The maximum Gasteiger partial charge on any atom is 0.320 e. The van der Waals surface area contributed by atoms with Crippen LogP contribution in [0.1, 0.15) is 25.7 Å². The summed E-state index contributed by atoms with van der Waals surface area (Å²) in [6.45, 7) is 0. The van der Waals surface area contributed by atoms with Gasteiger partial charge in [0.1, 0.15) is 5.75 Å². The molecule has 6 heteroatoms. The van der Waals surface area contributed by atoms with Crippen molar-refractivity contribution in [2.24, 2.45) is 0 Å². The Morgan fingerprint density at radius 1 is 1.38 bits per heavy atom. The molecule has 0 bridgehead atoms. The van der Waals surface area contributed by atoms with Crippen LogP contribution in [0.2, 0.25) is 0 Å². The highest BCUT2D eigenvalue weighted by atomic mass is 32.2. The fraction of sp³-hybridized carbons (Fsp3) is 0.900. The fourth-order valence-corrected chi connectivity index (χ4v) is 4.15. The summed E-state index contributed by atoms with van der Waals surface area (Å²) < 4.78 is 28.4. The second-order valence-corrected chi connectivity index (χ2v) is 6.32. The quantitative estimate of drug-likeness (QED) is 0.716. The van der Waals surface area contributed by atoms with Crippen LogP contribution in [0.25, 0.3) is 0 Å². The third kappa shape index (κ3) is 3.18. The van der Waals surface area contributed by atoms with Crippen molar-refractivity contribution in [3.05, 3.63) is 0 Å². The second kappa shape index (κ2) is 5.63. The molecule has 0 heterocycles. The Morgan fingerprint density at radius 3 is 2.56 bits per heavy atom. The monoisotopic (exact) mass is 249 g/mol. The zero-order chi connectivity index (χ0) is 12.2. The van der Waals surface area contributed by atoms with E-state index in [4.69, 9.17) is 0 Å². The number of methoxy groups -OCH3 is 1. The van der Waals surface area contributed by atoms with Gasteiger partial charge in [0.05, 0.1) is 12.4 Å². The Bertz CT molecular complexity index is 339. The molecule has 0 aromatic rings. The lowest BCUT2D eigenvalue weighted by Crippen LogP contribution is -2.46. The second-order valence-electron chi connectivity index (χ2n) is 4.10. The standard InChI is InChI=1S/C10H19NO4S/c1-11-8-5-3-4-6-9(8)16(13,14)7-10(12)15-2/h8-9,11H,3-7H2,1-2H3. The normalized spacial score (nSPS) is 26.4. The number of ether oxygens (including phenoxy) is 1. The van der Waals surface area contributed by atoms with E-state index >= 15 is 0 Å². The number of hydrogen-bond donors (Lipinski definition) is 1. The third-order valence-corrected chi connectivity index (χ3v) is 5.21. The van der Waals surface area contributed by atoms with Crippen molar-refractivity contribution in [3.63, 3.8) is 0 Å². The van der Waals surface area contributed by atoms with Crippen molar-refractivity contribution >= 4 is 15.8 Å². The molecular formula is C10H19NO4S.